The summed E-state index contributed by atoms with van der Waals surface area (Å²) in [6, 6.07) is 13.3. The highest BCUT2D eigenvalue weighted by Gasteiger charge is 2.31. The Balaban J connectivity index is 1.47. The quantitative estimate of drug-likeness (QED) is 0.737. The lowest BCUT2D eigenvalue weighted by molar-refractivity contribution is -0.134. The number of carbonyl (C=O) groups excluding carboxylic acids is 3. The highest BCUT2D eigenvalue weighted by atomic mass is 16.2. The largest absolute Gasteiger partial charge is 0.355 e. The predicted molar refractivity (Wildman–Crippen MR) is 128 cm³/mol. The summed E-state index contributed by atoms with van der Waals surface area (Å²) in [6.45, 7) is 3.54. The maximum atomic E-state index is 12.9. The second-order valence-electron chi connectivity index (χ2n) is 8.87. The zero-order valence-corrected chi connectivity index (χ0v) is 19.4. The van der Waals surface area contributed by atoms with Gasteiger partial charge in [0, 0.05) is 44.9 Å². The van der Waals surface area contributed by atoms with Crippen molar-refractivity contribution in [2.45, 2.75) is 38.6 Å². The minimum Gasteiger partial charge on any atom is -0.355 e. The molecule has 2 aromatic carbocycles. The fourth-order valence-corrected chi connectivity index (χ4v) is 4.97. The Labute approximate surface area is 195 Å². The van der Waals surface area contributed by atoms with E-state index in [9.17, 15) is 14.4 Å². The van der Waals surface area contributed by atoms with Gasteiger partial charge in [-0.15, -0.1) is 0 Å². The van der Waals surface area contributed by atoms with Crippen LogP contribution in [0.3, 0.4) is 0 Å². The summed E-state index contributed by atoms with van der Waals surface area (Å²) in [5, 5.41) is 5.77. The lowest BCUT2D eigenvalue weighted by Crippen LogP contribution is -2.51. The van der Waals surface area contributed by atoms with E-state index in [0.29, 0.717) is 25.2 Å². The Kier molecular flexibility index (Phi) is 7.08. The molecule has 1 aliphatic carbocycles. The third-order valence-electron chi connectivity index (χ3n) is 6.67. The number of rotatable bonds is 5. The number of hydrogen-bond donors (Lipinski definition) is 2. The van der Waals surface area contributed by atoms with Gasteiger partial charge in [0.2, 0.25) is 11.8 Å². The smallest absolute Gasteiger partial charge is 0.251 e. The summed E-state index contributed by atoms with van der Waals surface area (Å²) in [4.78, 5) is 41.2. The second-order valence-corrected chi connectivity index (χ2v) is 8.87. The molecule has 0 unspecified atom stereocenters. The van der Waals surface area contributed by atoms with E-state index in [1.54, 1.807) is 20.0 Å². The minimum atomic E-state index is -0.210. The first-order valence-electron chi connectivity index (χ1n) is 11.7. The highest BCUT2D eigenvalue weighted by molar-refractivity contribution is 5.94. The maximum Gasteiger partial charge on any atom is 0.251 e. The van der Waals surface area contributed by atoms with Crippen LogP contribution in [-0.2, 0) is 22.4 Å². The van der Waals surface area contributed by atoms with Crippen LogP contribution in [0.2, 0.25) is 0 Å². The van der Waals surface area contributed by atoms with E-state index in [0.717, 1.165) is 30.5 Å². The summed E-state index contributed by atoms with van der Waals surface area (Å²) >= 11 is 0. The molecule has 174 valence electrons. The monoisotopic (exact) mass is 448 g/mol. The van der Waals surface area contributed by atoms with Crippen LogP contribution in [0.25, 0.3) is 0 Å². The van der Waals surface area contributed by atoms with Crippen molar-refractivity contribution in [2.24, 2.45) is 0 Å². The highest BCUT2D eigenvalue weighted by Crippen LogP contribution is 2.29. The standard InChI is InChI=1S/C26H32N4O3/c1-18(31)30-14-13-29(16-24(30)20-9-5-10-21(15-20)26(33)27-2)17-25(32)28-23-12-6-8-19-7-3-4-11-22(19)23/h5-6,8-10,12,15,24H,3-4,7,11,13-14,16-17H2,1-2H3,(H,27,33)(H,28,32)/t24-/m0/s1. The van der Waals surface area contributed by atoms with Crippen LogP contribution in [0, 0.1) is 0 Å². The molecule has 1 atom stereocenters. The summed E-state index contributed by atoms with van der Waals surface area (Å²) in [5.74, 6) is -0.210. The normalized spacial score (nSPS) is 18.4. The molecule has 0 saturated carbocycles. The third-order valence-corrected chi connectivity index (χ3v) is 6.67. The number of hydrogen-bond acceptors (Lipinski definition) is 4. The van der Waals surface area contributed by atoms with E-state index < -0.39 is 0 Å². The van der Waals surface area contributed by atoms with Gasteiger partial charge in [0.05, 0.1) is 12.6 Å². The lowest BCUT2D eigenvalue weighted by Gasteiger charge is -2.41. The van der Waals surface area contributed by atoms with Crippen LogP contribution in [0.5, 0.6) is 0 Å². The molecule has 0 aromatic heterocycles. The van der Waals surface area contributed by atoms with E-state index in [1.165, 1.54) is 17.5 Å². The van der Waals surface area contributed by atoms with Crippen LogP contribution in [-0.4, -0.2) is 60.7 Å². The first-order valence-corrected chi connectivity index (χ1v) is 11.7. The molecule has 0 radical (unpaired) electrons. The molecule has 0 spiro atoms. The van der Waals surface area contributed by atoms with Crippen molar-refractivity contribution in [1.29, 1.82) is 0 Å². The van der Waals surface area contributed by atoms with E-state index >= 15 is 0 Å². The van der Waals surface area contributed by atoms with Crippen LogP contribution in [0.4, 0.5) is 5.69 Å². The van der Waals surface area contributed by atoms with Crippen molar-refractivity contribution >= 4 is 23.4 Å². The van der Waals surface area contributed by atoms with Gasteiger partial charge in [0.1, 0.15) is 0 Å². The van der Waals surface area contributed by atoms with Gasteiger partial charge in [-0.2, -0.15) is 0 Å². The molecule has 2 N–H and O–H groups in total. The van der Waals surface area contributed by atoms with Crippen molar-refractivity contribution in [1.82, 2.24) is 15.1 Å². The number of benzene rings is 2. The molecule has 1 saturated heterocycles. The summed E-state index contributed by atoms with van der Waals surface area (Å²) < 4.78 is 0. The lowest BCUT2D eigenvalue weighted by atomic mass is 9.90. The zero-order valence-electron chi connectivity index (χ0n) is 19.4. The first-order chi connectivity index (χ1) is 16.0. The first kappa shape index (κ1) is 23.0. The maximum absolute atomic E-state index is 12.9. The van der Waals surface area contributed by atoms with Crippen LogP contribution in [0.15, 0.2) is 42.5 Å². The number of nitrogens with one attached hydrogen (secondary N) is 2. The average Bonchev–Trinajstić information content (AvgIpc) is 2.83. The number of nitrogens with zero attached hydrogens (tertiary/aromatic N) is 2. The summed E-state index contributed by atoms with van der Waals surface area (Å²) in [7, 11) is 1.60. The number of aryl methyl sites for hydroxylation is 1. The molecule has 7 nitrogen and oxygen atoms in total. The third kappa shape index (κ3) is 5.25. The predicted octanol–water partition coefficient (Wildman–Crippen LogP) is 2.77. The molecule has 1 aliphatic heterocycles. The van der Waals surface area contributed by atoms with E-state index in [1.807, 2.05) is 35.2 Å². The fourth-order valence-electron chi connectivity index (χ4n) is 4.97. The van der Waals surface area contributed by atoms with Crippen molar-refractivity contribution in [2.75, 3.05) is 38.5 Å². The van der Waals surface area contributed by atoms with Crippen LogP contribution >= 0.6 is 0 Å². The molecule has 33 heavy (non-hydrogen) atoms. The number of amides is 3. The van der Waals surface area contributed by atoms with Crippen molar-refractivity contribution < 1.29 is 14.4 Å². The van der Waals surface area contributed by atoms with Gasteiger partial charge in [0.25, 0.3) is 5.91 Å². The van der Waals surface area contributed by atoms with Crippen molar-refractivity contribution in [3.05, 3.63) is 64.7 Å². The molecular weight excluding hydrogens is 416 g/mol. The molecule has 1 fully saturated rings. The molecule has 3 amide bonds. The summed E-state index contributed by atoms with van der Waals surface area (Å²) in [5.41, 5.74) is 4.98. The molecule has 7 heteroatoms. The van der Waals surface area contributed by atoms with Gasteiger partial charge in [0.15, 0.2) is 0 Å². The zero-order chi connectivity index (χ0) is 23.4. The number of piperazine rings is 1. The van der Waals surface area contributed by atoms with Gasteiger partial charge < -0.3 is 15.5 Å². The van der Waals surface area contributed by atoms with Crippen molar-refractivity contribution in [3.63, 3.8) is 0 Å². The van der Waals surface area contributed by atoms with Gasteiger partial charge in [-0.25, -0.2) is 0 Å². The van der Waals surface area contributed by atoms with Crippen LogP contribution in [0.1, 0.15) is 52.9 Å². The molecular formula is C26H32N4O3. The Bertz CT molecular complexity index is 1050. The number of anilines is 1. The second kappa shape index (κ2) is 10.2. The molecule has 2 aromatic rings. The number of fused-ring (bicyclic) bond motifs is 1. The van der Waals surface area contributed by atoms with Gasteiger partial charge >= 0.3 is 0 Å². The van der Waals surface area contributed by atoms with Gasteiger partial charge in [-0.1, -0.05) is 24.3 Å². The Morgan fingerprint density at radius 1 is 1.03 bits per heavy atom. The van der Waals surface area contributed by atoms with E-state index in [-0.39, 0.29) is 30.3 Å². The van der Waals surface area contributed by atoms with Crippen LogP contribution < -0.4 is 10.6 Å². The fraction of sp³-hybridized carbons (Fsp3) is 0.423. The summed E-state index contributed by atoms with van der Waals surface area (Å²) in [6.07, 6.45) is 4.44. The Morgan fingerprint density at radius 3 is 2.61 bits per heavy atom. The topological polar surface area (TPSA) is 81.8 Å². The molecule has 2 aliphatic rings. The van der Waals surface area contributed by atoms with Gasteiger partial charge in [-0.3, -0.25) is 19.3 Å². The Hall–Kier alpha value is -3.19. The van der Waals surface area contributed by atoms with E-state index in [4.69, 9.17) is 0 Å². The SMILES string of the molecule is CNC(=O)c1cccc([C@@H]2CN(CC(=O)Nc3cccc4c3CCCC4)CCN2C(C)=O)c1. The average molecular weight is 449 g/mol. The minimum absolute atomic E-state index is 0.00892. The van der Waals surface area contributed by atoms with E-state index in [2.05, 4.69) is 21.6 Å². The Morgan fingerprint density at radius 2 is 1.82 bits per heavy atom. The molecule has 1 heterocycles. The number of carbonyl (C=O) groups is 3. The van der Waals surface area contributed by atoms with Gasteiger partial charge in [-0.05, 0) is 60.6 Å². The molecule has 4 rings (SSSR count). The molecule has 0 bridgehead atoms. The van der Waals surface area contributed by atoms with Crippen molar-refractivity contribution in [3.8, 4) is 0 Å².